The Morgan fingerprint density at radius 2 is 1.83 bits per heavy atom. The van der Waals surface area contributed by atoms with Gasteiger partial charge in [0.05, 0.1) is 7.11 Å². The molecule has 0 aromatic heterocycles. The van der Waals surface area contributed by atoms with Gasteiger partial charge >= 0.3 is 5.97 Å². The number of carbonyl (C=O) groups excluding carboxylic acids is 1. The van der Waals surface area contributed by atoms with Gasteiger partial charge in [-0.05, 0) is 52.6 Å². The van der Waals surface area contributed by atoms with Crippen LogP contribution in [0.5, 0.6) is 11.5 Å². The highest BCUT2D eigenvalue weighted by molar-refractivity contribution is 6.36. The molecule has 30 heavy (non-hydrogen) atoms. The van der Waals surface area contributed by atoms with Crippen LogP contribution in [0.25, 0.3) is 17.2 Å². The predicted molar refractivity (Wildman–Crippen MR) is 120 cm³/mol. The first-order chi connectivity index (χ1) is 14.4. The molecule has 3 rings (SSSR count). The lowest BCUT2D eigenvalue weighted by Gasteiger charge is -2.13. The van der Waals surface area contributed by atoms with E-state index in [9.17, 15) is 9.90 Å². The standard InChI is InChI=1S/C24H20Cl2O4/c1-3-15-5-4-6-17(9-15)19-10-16(7-8-23(19)27)11-20-21(25)12-18(13-22(20)26)30-14-24(28)29-2/h3-10,12-13,27H,1,11,14H2,2H3. The quantitative estimate of drug-likeness (QED) is 0.445. The van der Waals surface area contributed by atoms with Crippen molar-refractivity contribution in [1.29, 1.82) is 0 Å². The summed E-state index contributed by atoms with van der Waals surface area (Å²) < 4.78 is 9.91. The lowest BCUT2D eigenvalue weighted by molar-refractivity contribution is -0.142. The van der Waals surface area contributed by atoms with E-state index < -0.39 is 5.97 Å². The number of rotatable bonds is 7. The molecule has 0 saturated heterocycles. The van der Waals surface area contributed by atoms with E-state index in [4.69, 9.17) is 27.9 Å². The van der Waals surface area contributed by atoms with Crippen LogP contribution in [-0.2, 0) is 16.0 Å². The lowest BCUT2D eigenvalue weighted by Crippen LogP contribution is -2.12. The summed E-state index contributed by atoms with van der Waals surface area (Å²) in [5, 5.41) is 11.2. The maximum atomic E-state index is 11.2. The number of aromatic hydroxyl groups is 1. The molecule has 1 N–H and O–H groups in total. The fraction of sp³-hybridized carbons (Fsp3) is 0.125. The second kappa shape index (κ2) is 9.70. The smallest absolute Gasteiger partial charge is 0.343 e. The summed E-state index contributed by atoms with van der Waals surface area (Å²) in [7, 11) is 1.29. The molecule has 0 atom stereocenters. The first-order valence-electron chi connectivity index (χ1n) is 9.13. The summed E-state index contributed by atoms with van der Waals surface area (Å²) in [6.45, 7) is 3.56. The van der Waals surface area contributed by atoms with E-state index in [1.165, 1.54) is 7.11 Å². The Morgan fingerprint density at radius 1 is 1.10 bits per heavy atom. The molecule has 0 aliphatic rings. The Hall–Kier alpha value is -2.95. The normalized spacial score (nSPS) is 10.5. The molecule has 0 bridgehead atoms. The first-order valence-corrected chi connectivity index (χ1v) is 9.89. The summed E-state index contributed by atoms with van der Waals surface area (Å²) >= 11 is 12.8. The van der Waals surface area contributed by atoms with E-state index in [2.05, 4.69) is 11.3 Å². The summed E-state index contributed by atoms with van der Waals surface area (Å²) in [6, 6.07) is 16.4. The van der Waals surface area contributed by atoms with Crippen molar-refractivity contribution in [2.75, 3.05) is 13.7 Å². The number of carbonyl (C=O) groups is 1. The zero-order valence-corrected chi connectivity index (χ0v) is 17.8. The minimum atomic E-state index is -0.497. The number of hydrogen-bond donors (Lipinski definition) is 1. The second-order valence-corrected chi connectivity index (χ2v) is 7.40. The molecule has 0 aliphatic carbocycles. The van der Waals surface area contributed by atoms with Gasteiger partial charge in [0.15, 0.2) is 6.61 Å². The molecule has 0 aliphatic heterocycles. The molecule has 154 valence electrons. The van der Waals surface area contributed by atoms with Crippen LogP contribution < -0.4 is 4.74 Å². The molecule has 0 radical (unpaired) electrons. The minimum Gasteiger partial charge on any atom is -0.507 e. The van der Waals surface area contributed by atoms with Gasteiger partial charge in [-0.2, -0.15) is 0 Å². The maximum absolute atomic E-state index is 11.2. The number of phenolic OH excluding ortho intramolecular Hbond substituents is 1. The van der Waals surface area contributed by atoms with Crippen LogP contribution in [0.2, 0.25) is 10.0 Å². The van der Waals surface area contributed by atoms with E-state index in [0.29, 0.717) is 27.8 Å². The highest BCUT2D eigenvalue weighted by atomic mass is 35.5. The molecule has 6 heteroatoms. The molecule has 0 fully saturated rings. The number of halogens is 2. The van der Waals surface area contributed by atoms with Crippen molar-refractivity contribution in [1.82, 2.24) is 0 Å². The fourth-order valence-corrected chi connectivity index (χ4v) is 3.60. The van der Waals surface area contributed by atoms with Gasteiger partial charge in [-0.15, -0.1) is 0 Å². The van der Waals surface area contributed by atoms with Gasteiger partial charge in [0.25, 0.3) is 0 Å². The van der Waals surface area contributed by atoms with Crippen molar-refractivity contribution in [3.63, 3.8) is 0 Å². The molecule has 3 aromatic carbocycles. The Morgan fingerprint density at radius 3 is 2.50 bits per heavy atom. The molecule has 0 amide bonds. The second-order valence-electron chi connectivity index (χ2n) is 6.59. The number of esters is 1. The average molecular weight is 443 g/mol. The van der Waals surface area contributed by atoms with E-state index >= 15 is 0 Å². The zero-order valence-electron chi connectivity index (χ0n) is 16.3. The average Bonchev–Trinajstić information content (AvgIpc) is 2.75. The number of hydrogen-bond acceptors (Lipinski definition) is 4. The summed E-state index contributed by atoms with van der Waals surface area (Å²) in [6.07, 6.45) is 2.22. The number of phenols is 1. The molecule has 0 heterocycles. The topological polar surface area (TPSA) is 55.8 Å². The number of ether oxygens (including phenoxy) is 2. The Bertz CT molecular complexity index is 1070. The van der Waals surface area contributed by atoms with Gasteiger partial charge in [-0.3, -0.25) is 0 Å². The molecule has 0 spiro atoms. The van der Waals surface area contributed by atoms with Gasteiger partial charge in [-0.25, -0.2) is 4.79 Å². The monoisotopic (exact) mass is 442 g/mol. The zero-order chi connectivity index (χ0) is 21.7. The third-order valence-corrected chi connectivity index (χ3v) is 5.25. The minimum absolute atomic E-state index is 0.184. The highest BCUT2D eigenvalue weighted by Gasteiger charge is 2.13. The lowest BCUT2D eigenvalue weighted by atomic mass is 9.97. The van der Waals surface area contributed by atoms with Crippen LogP contribution >= 0.6 is 23.2 Å². The third-order valence-electron chi connectivity index (χ3n) is 4.57. The van der Waals surface area contributed by atoms with E-state index in [1.54, 1.807) is 24.3 Å². The van der Waals surface area contributed by atoms with Gasteiger partial charge in [0.2, 0.25) is 0 Å². The summed E-state index contributed by atoms with van der Waals surface area (Å²) in [5.41, 5.74) is 4.21. The van der Waals surface area contributed by atoms with Crippen LogP contribution in [0.4, 0.5) is 0 Å². The molecule has 4 nitrogen and oxygen atoms in total. The van der Waals surface area contributed by atoms with Gasteiger partial charge in [0.1, 0.15) is 11.5 Å². The van der Waals surface area contributed by atoms with Crippen molar-refractivity contribution in [3.8, 4) is 22.6 Å². The molecule has 0 unspecified atom stereocenters. The van der Waals surface area contributed by atoms with E-state index in [-0.39, 0.29) is 12.4 Å². The highest BCUT2D eigenvalue weighted by Crippen LogP contribution is 2.35. The van der Waals surface area contributed by atoms with Crippen LogP contribution in [0.3, 0.4) is 0 Å². The van der Waals surface area contributed by atoms with E-state index in [1.807, 2.05) is 36.4 Å². The van der Waals surface area contributed by atoms with Crippen molar-refractivity contribution in [2.45, 2.75) is 6.42 Å². The molecular formula is C24H20Cl2O4. The Kier molecular flexibility index (Phi) is 7.03. The van der Waals surface area contributed by atoms with Gasteiger partial charge in [0, 0.05) is 22.0 Å². The Balaban J connectivity index is 1.87. The summed E-state index contributed by atoms with van der Waals surface area (Å²) in [5.74, 6) is 0.0685. The SMILES string of the molecule is C=Cc1cccc(-c2cc(Cc3c(Cl)cc(OCC(=O)OC)cc3Cl)ccc2O)c1. The fourth-order valence-electron chi connectivity index (χ4n) is 2.99. The van der Waals surface area contributed by atoms with Gasteiger partial charge in [-0.1, -0.05) is 60.1 Å². The third kappa shape index (κ3) is 5.15. The first kappa shape index (κ1) is 21.8. The molecule has 3 aromatic rings. The largest absolute Gasteiger partial charge is 0.507 e. The van der Waals surface area contributed by atoms with Crippen molar-refractivity contribution in [3.05, 3.63) is 87.9 Å². The predicted octanol–water partition coefficient (Wildman–Crippen LogP) is 6.15. The maximum Gasteiger partial charge on any atom is 0.343 e. The van der Waals surface area contributed by atoms with Crippen LogP contribution in [0.1, 0.15) is 16.7 Å². The molecule has 0 saturated carbocycles. The number of methoxy groups -OCH3 is 1. The Labute approximate surface area is 185 Å². The molecular weight excluding hydrogens is 423 g/mol. The van der Waals surface area contributed by atoms with Crippen LogP contribution in [0.15, 0.2) is 61.2 Å². The van der Waals surface area contributed by atoms with Crippen molar-refractivity contribution >= 4 is 35.2 Å². The van der Waals surface area contributed by atoms with Gasteiger partial charge < -0.3 is 14.6 Å². The van der Waals surface area contributed by atoms with Crippen molar-refractivity contribution in [2.24, 2.45) is 0 Å². The van der Waals surface area contributed by atoms with Crippen LogP contribution in [-0.4, -0.2) is 24.8 Å². The van der Waals surface area contributed by atoms with Crippen molar-refractivity contribution < 1.29 is 19.4 Å². The van der Waals surface area contributed by atoms with Crippen LogP contribution in [0, 0.1) is 0 Å². The summed E-state index contributed by atoms with van der Waals surface area (Å²) in [4.78, 5) is 11.2. The number of benzene rings is 3. The van der Waals surface area contributed by atoms with E-state index in [0.717, 1.165) is 22.3 Å².